The van der Waals surface area contributed by atoms with Gasteiger partial charge in [-0.05, 0) is 18.3 Å². The van der Waals surface area contributed by atoms with Gasteiger partial charge in [-0.2, -0.15) is 0 Å². The van der Waals surface area contributed by atoms with Crippen molar-refractivity contribution in [1.82, 2.24) is 5.32 Å². The van der Waals surface area contributed by atoms with Crippen LogP contribution in [0.2, 0.25) is 0 Å². The first kappa shape index (κ1) is 9.01. The van der Waals surface area contributed by atoms with Gasteiger partial charge in [-0.25, -0.2) is 0 Å². The van der Waals surface area contributed by atoms with Crippen molar-refractivity contribution in [2.24, 2.45) is 5.41 Å². The highest BCUT2D eigenvalue weighted by Gasteiger charge is 2.25. The Kier molecular flexibility index (Phi) is 3.34. The fourth-order valence-electron chi connectivity index (χ4n) is 1.94. The van der Waals surface area contributed by atoms with Gasteiger partial charge in [0.15, 0.2) is 0 Å². The van der Waals surface area contributed by atoms with E-state index < -0.39 is 0 Å². The smallest absolute Gasteiger partial charge is 0.0931 e. The Morgan fingerprint density at radius 1 is 1.27 bits per heavy atom. The molecular weight excluding hydrogens is 138 g/mol. The lowest BCUT2D eigenvalue weighted by molar-refractivity contribution is 0.174. The number of hydrogen-bond donors (Lipinski definition) is 2. The summed E-state index contributed by atoms with van der Waals surface area (Å²) < 4.78 is 0. The molecule has 1 rings (SSSR count). The summed E-state index contributed by atoms with van der Waals surface area (Å²) in [5, 5.41) is 11.6. The van der Waals surface area contributed by atoms with E-state index in [9.17, 15) is 0 Å². The first-order chi connectivity index (χ1) is 5.27. The van der Waals surface area contributed by atoms with Crippen LogP contribution in [-0.4, -0.2) is 18.4 Å². The zero-order valence-electron chi connectivity index (χ0n) is 7.40. The molecule has 0 unspecified atom stereocenters. The van der Waals surface area contributed by atoms with E-state index in [1.165, 1.54) is 32.1 Å². The minimum absolute atomic E-state index is 0.121. The van der Waals surface area contributed by atoms with E-state index in [-0.39, 0.29) is 6.73 Å². The van der Waals surface area contributed by atoms with Crippen LogP contribution in [0, 0.1) is 5.41 Å². The van der Waals surface area contributed by atoms with Gasteiger partial charge in [0.2, 0.25) is 0 Å². The quantitative estimate of drug-likeness (QED) is 0.608. The van der Waals surface area contributed by atoms with Crippen molar-refractivity contribution >= 4 is 0 Å². The van der Waals surface area contributed by atoms with Crippen LogP contribution in [0.1, 0.15) is 39.0 Å². The van der Waals surface area contributed by atoms with E-state index in [1.807, 2.05) is 0 Å². The van der Waals surface area contributed by atoms with Crippen LogP contribution in [0.5, 0.6) is 0 Å². The maximum atomic E-state index is 8.60. The van der Waals surface area contributed by atoms with Crippen LogP contribution in [0.4, 0.5) is 0 Å². The Labute approximate surface area is 69.0 Å². The van der Waals surface area contributed by atoms with Gasteiger partial charge in [-0.15, -0.1) is 0 Å². The van der Waals surface area contributed by atoms with Gasteiger partial charge >= 0.3 is 0 Å². The Morgan fingerprint density at radius 2 is 1.91 bits per heavy atom. The molecule has 0 saturated heterocycles. The fraction of sp³-hybridized carbons (Fsp3) is 1.00. The normalized spacial score (nSPS) is 23.5. The summed E-state index contributed by atoms with van der Waals surface area (Å²) in [6.07, 6.45) is 6.77. The molecule has 0 spiro atoms. The van der Waals surface area contributed by atoms with Gasteiger partial charge in [0, 0.05) is 6.54 Å². The third-order valence-electron chi connectivity index (χ3n) is 2.72. The van der Waals surface area contributed by atoms with Crippen LogP contribution >= 0.6 is 0 Å². The minimum atomic E-state index is 0.121. The van der Waals surface area contributed by atoms with Crippen LogP contribution < -0.4 is 5.32 Å². The summed E-state index contributed by atoms with van der Waals surface area (Å²) in [5.74, 6) is 0. The van der Waals surface area contributed by atoms with Crippen LogP contribution in [0.25, 0.3) is 0 Å². The second kappa shape index (κ2) is 4.07. The lowest BCUT2D eigenvalue weighted by Gasteiger charge is -2.33. The highest BCUT2D eigenvalue weighted by molar-refractivity contribution is 4.79. The summed E-state index contributed by atoms with van der Waals surface area (Å²) >= 11 is 0. The molecule has 0 aromatic rings. The third kappa shape index (κ3) is 2.80. The predicted molar refractivity (Wildman–Crippen MR) is 46.3 cm³/mol. The Bertz CT molecular complexity index is 108. The van der Waals surface area contributed by atoms with E-state index in [0.29, 0.717) is 5.41 Å². The number of hydrogen-bond acceptors (Lipinski definition) is 2. The Hall–Kier alpha value is -0.0800. The fourth-order valence-corrected chi connectivity index (χ4v) is 1.94. The minimum Gasteiger partial charge on any atom is -0.381 e. The van der Waals surface area contributed by atoms with Crippen molar-refractivity contribution in [3.8, 4) is 0 Å². The molecule has 2 heteroatoms. The van der Waals surface area contributed by atoms with Gasteiger partial charge in [0.1, 0.15) is 0 Å². The highest BCUT2D eigenvalue weighted by atomic mass is 16.3. The molecule has 0 aromatic carbocycles. The largest absolute Gasteiger partial charge is 0.381 e. The van der Waals surface area contributed by atoms with Crippen molar-refractivity contribution in [2.45, 2.75) is 39.0 Å². The molecule has 0 aromatic heterocycles. The number of aliphatic hydroxyl groups excluding tert-OH is 1. The van der Waals surface area contributed by atoms with Crippen molar-refractivity contribution in [2.75, 3.05) is 13.3 Å². The molecule has 2 nitrogen and oxygen atoms in total. The topological polar surface area (TPSA) is 32.3 Å². The maximum Gasteiger partial charge on any atom is 0.0931 e. The molecule has 0 amide bonds. The third-order valence-corrected chi connectivity index (χ3v) is 2.72. The monoisotopic (exact) mass is 157 g/mol. The second-order valence-electron chi connectivity index (χ2n) is 3.96. The first-order valence-electron chi connectivity index (χ1n) is 4.58. The van der Waals surface area contributed by atoms with Gasteiger partial charge in [0.25, 0.3) is 0 Å². The zero-order chi connectivity index (χ0) is 8.16. The van der Waals surface area contributed by atoms with Gasteiger partial charge < -0.3 is 5.11 Å². The average molecular weight is 157 g/mol. The van der Waals surface area contributed by atoms with Crippen molar-refractivity contribution < 1.29 is 5.11 Å². The Balaban J connectivity index is 2.25. The first-order valence-corrected chi connectivity index (χ1v) is 4.58. The molecule has 0 bridgehead atoms. The van der Waals surface area contributed by atoms with Gasteiger partial charge in [-0.1, -0.05) is 26.2 Å². The van der Waals surface area contributed by atoms with Gasteiger partial charge in [-0.3, -0.25) is 5.32 Å². The van der Waals surface area contributed by atoms with E-state index in [0.717, 1.165) is 6.54 Å². The highest BCUT2D eigenvalue weighted by Crippen LogP contribution is 2.34. The van der Waals surface area contributed by atoms with Gasteiger partial charge in [0.05, 0.1) is 6.73 Å². The zero-order valence-corrected chi connectivity index (χ0v) is 7.40. The molecule has 1 saturated carbocycles. The number of rotatable bonds is 3. The van der Waals surface area contributed by atoms with Crippen molar-refractivity contribution in [3.63, 3.8) is 0 Å². The van der Waals surface area contributed by atoms with E-state index in [2.05, 4.69) is 12.2 Å². The second-order valence-corrected chi connectivity index (χ2v) is 3.96. The summed E-state index contributed by atoms with van der Waals surface area (Å²) in [4.78, 5) is 0. The summed E-state index contributed by atoms with van der Waals surface area (Å²) in [7, 11) is 0. The predicted octanol–water partition coefficient (Wildman–Crippen LogP) is 1.50. The Morgan fingerprint density at radius 3 is 2.45 bits per heavy atom. The molecule has 0 heterocycles. The molecule has 66 valence electrons. The molecule has 11 heavy (non-hydrogen) atoms. The maximum absolute atomic E-state index is 8.60. The van der Waals surface area contributed by atoms with E-state index in [4.69, 9.17) is 5.11 Å². The summed E-state index contributed by atoms with van der Waals surface area (Å²) in [5.41, 5.74) is 0.459. The average Bonchev–Trinajstić information content (AvgIpc) is 2.03. The summed E-state index contributed by atoms with van der Waals surface area (Å²) in [6.45, 7) is 3.41. The molecule has 1 fully saturated rings. The SMILES string of the molecule is CC1(CNCO)CCCCC1. The lowest BCUT2D eigenvalue weighted by atomic mass is 9.76. The van der Waals surface area contributed by atoms with Crippen molar-refractivity contribution in [3.05, 3.63) is 0 Å². The molecule has 2 N–H and O–H groups in total. The van der Waals surface area contributed by atoms with Crippen LogP contribution in [0.15, 0.2) is 0 Å². The van der Waals surface area contributed by atoms with E-state index >= 15 is 0 Å². The van der Waals surface area contributed by atoms with Crippen molar-refractivity contribution in [1.29, 1.82) is 0 Å². The molecule has 1 aliphatic carbocycles. The number of aliphatic hydroxyl groups is 1. The standard InChI is InChI=1S/C9H19NO/c1-9(7-10-8-11)5-3-2-4-6-9/h10-11H,2-8H2,1H3. The van der Waals surface area contributed by atoms with Crippen LogP contribution in [-0.2, 0) is 0 Å². The van der Waals surface area contributed by atoms with E-state index in [1.54, 1.807) is 0 Å². The molecular formula is C9H19NO. The number of nitrogens with one attached hydrogen (secondary N) is 1. The molecule has 0 atom stereocenters. The molecule has 0 aliphatic heterocycles. The molecule has 1 aliphatic rings. The summed E-state index contributed by atoms with van der Waals surface area (Å²) in [6, 6.07) is 0. The molecule has 0 radical (unpaired) electrons. The lowest BCUT2D eigenvalue weighted by Crippen LogP contribution is -2.33. The van der Waals surface area contributed by atoms with Crippen LogP contribution in [0.3, 0.4) is 0 Å².